The summed E-state index contributed by atoms with van der Waals surface area (Å²) in [4.78, 5) is 14.1. The van der Waals surface area contributed by atoms with E-state index in [-0.39, 0.29) is 0 Å². The zero-order valence-corrected chi connectivity index (χ0v) is 11.8. The third kappa shape index (κ3) is 3.72. The fourth-order valence-corrected chi connectivity index (χ4v) is 2.73. The highest BCUT2D eigenvalue weighted by Gasteiger charge is 2.24. The summed E-state index contributed by atoms with van der Waals surface area (Å²) >= 11 is 0. The molecule has 1 atom stereocenters. The summed E-state index contributed by atoms with van der Waals surface area (Å²) in [6.45, 7) is 3.92. The maximum absolute atomic E-state index is 12.1. The number of carbonyl (C=O) groups excluding carboxylic acids is 1. The molecule has 0 aromatic heterocycles. The molecule has 1 unspecified atom stereocenters. The minimum atomic E-state index is 0.321. The van der Waals surface area contributed by atoms with Crippen LogP contribution in [0.1, 0.15) is 50.5 Å². The normalized spacial score (nSPS) is 19.4. The highest BCUT2D eigenvalue weighted by atomic mass is 16.2. The summed E-state index contributed by atoms with van der Waals surface area (Å²) in [6.07, 6.45) is 5.06. The van der Waals surface area contributed by atoms with Crippen LogP contribution >= 0.6 is 0 Å². The molecule has 1 fully saturated rings. The predicted octanol–water partition coefficient (Wildman–Crippen LogP) is 3.17. The monoisotopic (exact) mass is 260 g/mol. The van der Waals surface area contributed by atoms with E-state index in [1.54, 1.807) is 0 Å². The van der Waals surface area contributed by atoms with Crippen LogP contribution in [0.5, 0.6) is 0 Å². The van der Waals surface area contributed by atoms with E-state index in [2.05, 4.69) is 19.1 Å². The van der Waals surface area contributed by atoms with Crippen LogP contribution in [-0.4, -0.2) is 23.9 Å². The number of likely N-dealkylation sites (tertiary alicyclic amines) is 1. The fraction of sp³-hybridized carbons (Fsp3) is 0.562. The SMILES string of the molecule is CCCCC(=O)N1CCCC(c2ccc(N)cc2)C1. The zero-order valence-electron chi connectivity index (χ0n) is 11.8. The second-order valence-electron chi connectivity index (χ2n) is 5.45. The number of unbranched alkanes of at least 4 members (excludes halogenated alkanes) is 1. The molecule has 1 saturated heterocycles. The van der Waals surface area contributed by atoms with Gasteiger partial charge in [0.05, 0.1) is 0 Å². The molecule has 1 aromatic rings. The quantitative estimate of drug-likeness (QED) is 0.845. The van der Waals surface area contributed by atoms with Crippen LogP contribution < -0.4 is 5.73 Å². The van der Waals surface area contributed by atoms with Gasteiger partial charge in [0.2, 0.25) is 5.91 Å². The number of carbonyl (C=O) groups is 1. The lowest BCUT2D eigenvalue weighted by atomic mass is 9.90. The molecule has 2 rings (SSSR count). The van der Waals surface area contributed by atoms with Crippen molar-refractivity contribution in [2.24, 2.45) is 0 Å². The Morgan fingerprint density at radius 3 is 2.79 bits per heavy atom. The molecule has 0 radical (unpaired) electrons. The number of nitrogens with two attached hydrogens (primary N) is 1. The van der Waals surface area contributed by atoms with Crippen LogP contribution in [0, 0.1) is 0 Å². The van der Waals surface area contributed by atoms with Crippen molar-refractivity contribution in [2.75, 3.05) is 18.8 Å². The minimum absolute atomic E-state index is 0.321. The van der Waals surface area contributed by atoms with E-state index in [1.165, 1.54) is 12.0 Å². The van der Waals surface area contributed by atoms with E-state index >= 15 is 0 Å². The minimum Gasteiger partial charge on any atom is -0.399 e. The van der Waals surface area contributed by atoms with Gasteiger partial charge in [0.25, 0.3) is 0 Å². The van der Waals surface area contributed by atoms with Crippen LogP contribution in [0.2, 0.25) is 0 Å². The first kappa shape index (κ1) is 13.9. The van der Waals surface area contributed by atoms with Gasteiger partial charge in [-0.15, -0.1) is 0 Å². The molecular formula is C16H24N2O. The standard InChI is InChI=1S/C16H24N2O/c1-2-3-6-16(19)18-11-4-5-14(12-18)13-7-9-15(17)10-8-13/h7-10,14H,2-6,11-12,17H2,1H3. The van der Waals surface area contributed by atoms with Gasteiger partial charge in [0.1, 0.15) is 0 Å². The summed E-state index contributed by atoms with van der Waals surface area (Å²) in [5, 5.41) is 0. The number of hydrogen-bond donors (Lipinski definition) is 1. The van der Waals surface area contributed by atoms with Crippen molar-refractivity contribution in [3.05, 3.63) is 29.8 Å². The van der Waals surface area contributed by atoms with E-state index < -0.39 is 0 Å². The van der Waals surface area contributed by atoms with Gasteiger partial charge >= 0.3 is 0 Å². The molecule has 104 valence electrons. The highest BCUT2D eigenvalue weighted by Crippen LogP contribution is 2.27. The first-order valence-electron chi connectivity index (χ1n) is 7.34. The third-order valence-corrected chi connectivity index (χ3v) is 3.93. The number of hydrogen-bond acceptors (Lipinski definition) is 2. The Kier molecular flexibility index (Phi) is 4.83. The van der Waals surface area contributed by atoms with Gasteiger partial charge in [-0.05, 0) is 37.0 Å². The second kappa shape index (κ2) is 6.60. The molecule has 1 aliphatic rings. The number of benzene rings is 1. The average molecular weight is 260 g/mol. The molecule has 3 heteroatoms. The zero-order chi connectivity index (χ0) is 13.7. The van der Waals surface area contributed by atoms with Gasteiger partial charge in [-0.1, -0.05) is 25.5 Å². The van der Waals surface area contributed by atoms with Crippen LogP contribution in [-0.2, 0) is 4.79 Å². The number of rotatable bonds is 4. The Hall–Kier alpha value is -1.51. The number of amides is 1. The Balaban J connectivity index is 1.96. The lowest BCUT2D eigenvalue weighted by molar-refractivity contribution is -0.132. The van der Waals surface area contributed by atoms with Gasteiger partial charge in [-0.3, -0.25) is 4.79 Å². The summed E-state index contributed by atoms with van der Waals surface area (Å²) in [5.41, 5.74) is 7.83. The molecule has 0 aliphatic carbocycles. The Morgan fingerprint density at radius 1 is 1.37 bits per heavy atom. The number of nitrogen functional groups attached to an aromatic ring is 1. The third-order valence-electron chi connectivity index (χ3n) is 3.93. The van der Waals surface area contributed by atoms with Crippen LogP contribution in [0.15, 0.2) is 24.3 Å². The van der Waals surface area contributed by atoms with Gasteiger partial charge in [0.15, 0.2) is 0 Å². The average Bonchev–Trinajstić information content (AvgIpc) is 2.45. The highest BCUT2D eigenvalue weighted by molar-refractivity contribution is 5.76. The maximum Gasteiger partial charge on any atom is 0.222 e. The second-order valence-corrected chi connectivity index (χ2v) is 5.45. The first-order valence-corrected chi connectivity index (χ1v) is 7.34. The molecule has 19 heavy (non-hydrogen) atoms. The fourth-order valence-electron chi connectivity index (χ4n) is 2.73. The van der Waals surface area contributed by atoms with E-state index in [4.69, 9.17) is 5.73 Å². The van der Waals surface area contributed by atoms with Crippen LogP contribution in [0.3, 0.4) is 0 Å². The van der Waals surface area contributed by atoms with Gasteiger partial charge < -0.3 is 10.6 Å². The number of anilines is 1. The molecule has 1 heterocycles. The van der Waals surface area contributed by atoms with Crippen molar-refractivity contribution < 1.29 is 4.79 Å². The smallest absolute Gasteiger partial charge is 0.222 e. The van der Waals surface area contributed by atoms with E-state index in [9.17, 15) is 4.79 Å². The van der Waals surface area contributed by atoms with Crippen molar-refractivity contribution in [1.29, 1.82) is 0 Å². The molecule has 2 N–H and O–H groups in total. The summed E-state index contributed by atoms with van der Waals surface area (Å²) in [7, 11) is 0. The molecule has 0 spiro atoms. The maximum atomic E-state index is 12.1. The van der Waals surface area contributed by atoms with Crippen molar-refractivity contribution in [2.45, 2.75) is 44.9 Å². The molecule has 1 aromatic carbocycles. The lowest BCUT2D eigenvalue weighted by Gasteiger charge is -2.33. The summed E-state index contributed by atoms with van der Waals surface area (Å²) in [6, 6.07) is 8.10. The summed E-state index contributed by atoms with van der Waals surface area (Å²) < 4.78 is 0. The van der Waals surface area contributed by atoms with E-state index in [1.807, 2.05) is 17.0 Å². The van der Waals surface area contributed by atoms with Crippen molar-refractivity contribution in [3.63, 3.8) is 0 Å². The molecular weight excluding hydrogens is 236 g/mol. The van der Waals surface area contributed by atoms with Gasteiger partial charge in [-0.2, -0.15) is 0 Å². The van der Waals surface area contributed by atoms with Crippen LogP contribution in [0.25, 0.3) is 0 Å². The van der Waals surface area contributed by atoms with Crippen molar-refractivity contribution in [1.82, 2.24) is 4.90 Å². The van der Waals surface area contributed by atoms with Crippen LogP contribution in [0.4, 0.5) is 5.69 Å². The Morgan fingerprint density at radius 2 is 2.11 bits per heavy atom. The predicted molar refractivity (Wildman–Crippen MR) is 78.9 cm³/mol. The van der Waals surface area contributed by atoms with E-state index in [0.717, 1.165) is 38.0 Å². The molecule has 1 amide bonds. The van der Waals surface area contributed by atoms with E-state index in [0.29, 0.717) is 18.2 Å². The Labute approximate surface area is 115 Å². The first-order chi connectivity index (χ1) is 9.20. The molecule has 3 nitrogen and oxygen atoms in total. The summed E-state index contributed by atoms with van der Waals surface area (Å²) in [5.74, 6) is 0.793. The molecule has 0 saturated carbocycles. The van der Waals surface area contributed by atoms with Crippen molar-refractivity contribution >= 4 is 11.6 Å². The largest absolute Gasteiger partial charge is 0.399 e. The van der Waals surface area contributed by atoms with Crippen molar-refractivity contribution in [3.8, 4) is 0 Å². The number of nitrogens with zero attached hydrogens (tertiary/aromatic N) is 1. The van der Waals surface area contributed by atoms with Gasteiger partial charge in [0, 0.05) is 31.1 Å². The lowest BCUT2D eigenvalue weighted by Crippen LogP contribution is -2.38. The topological polar surface area (TPSA) is 46.3 Å². The molecule has 0 bridgehead atoms. The Bertz CT molecular complexity index is 413. The number of piperidine rings is 1. The molecule has 1 aliphatic heterocycles. The van der Waals surface area contributed by atoms with Gasteiger partial charge in [-0.25, -0.2) is 0 Å².